The molecule has 3 aromatic rings. The zero-order chi connectivity index (χ0) is 24.1. The monoisotopic (exact) mass is 495 g/mol. The summed E-state index contributed by atoms with van der Waals surface area (Å²) in [6, 6.07) is 17.6. The molecule has 1 aliphatic heterocycles. The highest BCUT2D eigenvalue weighted by molar-refractivity contribution is 7.80. The second kappa shape index (κ2) is 10.7. The molecular formula is C25H25N3O4S2. The van der Waals surface area contributed by atoms with Gasteiger partial charge in [0.25, 0.3) is 5.91 Å². The van der Waals surface area contributed by atoms with E-state index in [2.05, 4.69) is 11.4 Å². The lowest BCUT2D eigenvalue weighted by Gasteiger charge is -2.23. The van der Waals surface area contributed by atoms with E-state index in [-0.39, 0.29) is 18.2 Å². The molecule has 1 saturated heterocycles. The Morgan fingerprint density at radius 1 is 1.03 bits per heavy atom. The Balaban J connectivity index is 1.53. The number of methoxy groups -OCH3 is 2. The Kier molecular flexibility index (Phi) is 7.44. The number of hydrogen-bond donors (Lipinski definition) is 1. The van der Waals surface area contributed by atoms with Gasteiger partial charge in [-0.05, 0) is 78.6 Å². The summed E-state index contributed by atoms with van der Waals surface area (Å²) in [6.45, 7) is 0.540. The first-order valence-electron chi connectivity index (χ1n) is 10.7. The molecule has 0 aliphatic carbocycles. The fraction of sp³-hybridized carbons (Fsp3) is 0.240. The van der Waals surface area contributed by atoms with Gasteiger partial charge in [0, 0.05) is 17.1 Å². The van der Waals surface area contributed by atoms with E-state index >= 15 is 0 Å². The Morgan fingerprint density at radius 3 is 2.26 bits per heavy atom. The number of nitrogens with one attached hydrogen (secondary N) is 1. The van der Waals surface area contributed by atoms with Crippen LogP contribution in [0.3, 0.4) is 0 Å². The van der Waals surface area contributed by atoms with Gasteiger partial charge in [-0.25, -0.2) is 0 Å². The highest BCUT2D eigenvalue weighted by atomic mass is 32.1. The van der Waals surface area contributed by atoms with Crippen molar-refractivity contribution in [2.24, 2.45) is 0 Å². The van der Waals surface area contributed by atoms with Crippen LogP contribution in [0.1, 0.15) is 11.3 Å². The third-order valence-electron chi connectivity index (χ3n) is 5.58. The van der Waals surface area contributed by atoms with Gasteiger partial charge in [0.05, 0.1) is 26.3 Å². The fourth-order valence-electron chi connectivity index (χ4n) is 3.80. The Labute approximate surface area is 207 Å². The Hall–Kier alpha value is -3.43. The van der Waals surface area contributed by atoms with Gasteiger partial charge < -0.3 is 19.7 Å². The van der Waals surface area contributed by atoms with E-state index in [1.165, 1.54) is 9.78 Å². The summed E-state index contributed by atoms with van der Waals surface area (Å²) in [5.41, 5.74) is 1.28. The number of thiophene rings is 1. The lowest BCUT2D eigenvalue weighted by molar-refractivity contribution is -0.124. The smallest absolute Gasteiger partial charge is 0.256 e. The summed E-state index contributed by atoms with van der Waals surface area (Å²) < 4.78 is 10.4. The second-order valence-corrected chi connectivity index (χ2v) is 9.07. The summed E-state index contributed by atoms with van der Waals surface area (Å²) in [4.78, 5) is 30.9. The topological polar surface area (TPSA) is 71.1 Å². The quantitative estimate of drug-likeness (QED) is 0.446. The summed E-state index contributed by atoms with van der Waals surface area (Å²) >= 11 is 7.38. The van der Waals surface area contributed by atoms with Crippen molar-refractivity contribution >= 4 is 51.9 Å². The third-order valence-corrected chi connectivity index (χ3v) is 6.93. The van der Waals surface area contributed by atoms with Gasteiger partial charge in [0.1, 0.15) is 17.5 Å². The van der Waals surface area contributed by atoms with Crippen molar-refractivity contribution in [3.63, 3.8) is 0 Å². The largest absolute Gasteiger partial charge is 0.497 e. The van der Waals surface area contributed by atoms with E-state index < -0.39 is 6.04 Å². The van der Waals surface area contributed by atoms with Crippen LogP contribution in [-0.2, 0) is 16.0 Å². The molecule has 7 nitrogen and oxygen atoms in total. The molecule has 0 radical (unpaired) electrons. The van der Waals surface area contributed by atoms with Crippen LogP contribution in [0.25, 0.3) is 0 Å². The van der Waals surface area contributed by atoms with Crippen LogP contribution < -0.4 is 19.7 Å². The van der Waals surface area contributed by atoms with E-state index in [0.717, 1.165) is 6.42 Å². The lowest BCUT2D eigenvalue weighted by Crippen LogP contribution is -2.39. The van der Waals surface area contributed by atoms with E-state index in [9.17, 15) is 9.59 Å². The highest BCUT2D eigenvalue weighted by Gasteiger charge is 2.43. The van der Waals surface area contributed by atoms with E-state index in [1.807, 2.05) is 16.3 Å². The highest BCUT2D eigenvalue weighted by Crippen LogP contribution is 2.29. The van der Waals surface area contributed by atoms with Gasteiger partial charge in [-0.3, -0.25) is 14.5 Å². The van der Waals surface area contributed by atoms with Crippen molar-refractivity contribution in [3.8, 4) is 11.5 Å². The number of carbonyl (C=O) groups is 2. The molecule has 2 heterocycles. The van der Waals surface area contributed by atoms with Crippen molar-refractivity contribution < 1.29 is 19.1 Å². The number of hydrogen-bond acceptors (Lipinski definition) is 6. The van der Waals surface area contributed by atoms with Crippen LogP contribution in [0.15, 0.2) is 66.0 Å². The summed E-state index contributed by atoms with van der Waals surface area (Å²) in [7, 11) is 3.17. The average molecular weight is 496 g/mol. The van der Waals surface area contributed by atoms with Crippen LogP contribution in [0.4, 0.5) is 11.4 Å². The maximum absolute atomic E-state index is 13.5. The van der Waals surface area contributed by atoms with E-state index in [1.54, 1.807) is 74.1 Å². The molecule has 0 bridgehead atoms. The minimum absolute atomic E-state index is 0.0118. The molecule has 34 heavy (non-hydrogen) atoms. The van der Waals surface area contributed by atoms with Crippen molar-refractivity contribution in [1.29, 1.82) is 0 Å². The maximum atomic E-state index is 13.5. The SMILES string of the molecule is COc1ccc(NC(=O)CC2C(=O)N(c3ccc(OC)cc3)C(=S)N2CCc2cccs2)cc1. The van der Waals surface area contributed by atoms with E-state index in [0.29, 0.717) is 34.5 Å². The minimum Gasteiger partial charge on any atom is -0.497 e. The maximum Gasteiger partial charge on any atom is 0.256 e. The fourth-order valence-corrected chi connectivity index (χ4v) is 4.92. The molecule has 1 atom stereocenters. The Bertz CT molecular complexity index is 1150. The molecule has 0 saturated carbocycles. The zero-order valence-corrected chi connectivity index (χ0v) is 20.5. The molecule has 9 heteroatoms. The Morgan fingerprint density at radius 2 is 1.68 bits per heavy atom. The molecule has 2 aromatic carbocycles. The minimum atomic E-state index is -0.687. The van der Waals surface area contributed by atoms with Crippen LogP contribution >= 0.6 is 23.6 Å². The van der Waals surface area contributed by atoms with Crippen molar-refractivity contribution in [2.45, 2.75) is 18.9 Å². The van der Waals surface area contributed by atoms with Gasteiger partial charge in [-0.15, -0.1) is 11.3 Å². The van der Waals surface area contributed by atoms with Crippen LogP contribution in [0, 0.1) is 0 Å². The normalized spacial score (nSPS) is 15.5. The summed E-state index contributed by atoms with van der Waals surface area (Å²) in [5.74, 6) is 0.908. The molecule has 1 aromatic heterocycles. The first kappa shape index (κ1) is 23.7. The summed E-state index contributed by atoms with van der Waals surface area (Å²) in [6.07, 6.45) is 0.722. The molecule has 1 unspecified atom stereocenters. The summed E-state index contributed by atoms with van der Waals surface area (Å²) in [5, 5.41) is 5.28. The number of thiocarbonyl (C=S) groups is 1. The van der Waals surface area contributed by atoms with Gasteiger partial charge >= 0.3 is 0 Å². The van der Waals surface area contributed by atoms with Crippen molar-refractivity contribution in [1.82, 2.24) is 4.90 Å². The molecule has 0 spiro atoms. The predicted molar refractivity (Wildman–Crippen MR) is 138 cm³/mol. The number of benzene rings is 2. The molecular weight excluding hydrogens is 470 g/mol. The number of nitrogens with zero attached hydrogens (tertiary/aromatic N) is 2. The van der Waals surface area contributed by atoms with Crippen LogP contribution in [-0.4, -0.2) is 48.6 Å². The zero-order valence-electron chi connectivity index (χ0n) is 18.9. The molecule has 1 fully saturated rings. The van der Waals surface area contributed by atoms with Gasteiger partial charge in [0.15, 0.2) is 5.11 Å². The number of rotatable bonds is 9. The van der Waals surface area contributed by atoms with E-state index in [4.69, 9.17) is 21.7 Å². The molecule has 1 aliphatic rings. The second-order valence-electron chi connectivity index (χ2n) is 7.67. The number of carbonyl (C=O) groups excluding carboxylic acids is 2. The number of ether oxygens (including phenoxy) is 2. The van der Waals surface area contributed by atoms with Crippen LogP contribution in [0.2, 0.25) is 0 Å². The van der Waals surface area contributed by atoms with Crippen molar-refractivity contribution in [2.75, 3.05) is 31.0 Å². The van der Waals surface area contributed by atoms with Gasteiger partial charge in [-0.2, -0.15) is 0 Å². The lowest BCUT2D eigenvalue weighted by atomic mass is 10.1. The first-order valence-corrected chi connectivity index (χ1v) is 12.0. The molecule has 1 N–H and O–H groups in total. The van der Waals surface area contributed by atoms with Gasteiger partial charge in [-0.1, -0.05) is 6.07 Å². The van der Waals surface area contributed by atoms with Crippen molar-refractivity contribution in [3.05, 3.63) is 70.9 Å². The molecule has 4 rings (SSSR count). The number of amides is 2. The average Bonchev–Trinajstić information content (AvgIpc) is 3.45. The van der Waals surface area contributed by atoms with Crippen LogP contribution in [0.5, 0.6) is 11.5 Å². The third kappa shape index (κ3) is 5.21. The molecule has 176 valence electrons. The van der Waals surface area contributed by atoms with Gasteiger partial charge in [0.2, 0.25) is 5.91 Å². The number of anilines is 2. The predicted octanol–water partition coefficient (Wildman–Crippen LogP) is 4.34. The first-order chi connectivity index (χ1) is 16.5. The standard InChI is InChI=1S/C25H25N3O4S2/c1-31-19-9-5-17(6-10-19)26-23(29)16-22-24(30)28(18-7-11-20(32-2)12-8-18)25(33)27(22)14-13-21-4-3-15-34-21/h3-12,15,22H,13-14,16H2,1-2H3,(H,26,29). The molecule has 2 amide bonds.